The highest BCUT2D eigenvalue weighted by Crippen LogP contribution is 2.13. The number of halogens is 1. The second kappa shape index (κ2) is 5.46. The smallest absolute Gasteiger partial charge is 0.270 e. The second-order valence-corrected chi connectivity index (χ2v) is 2.92. The lowest BCUT2D eigenvalue weighted by atomic mass is 10.1. The summed E-state index contributed by atoms with van der Waals surface area (Å²) in [7, 11) is 0. The van der Waals surface area contributed by atoms with Crippen LogP contribution >= 0.6 is 15.9 Å². The van der Waals surface area contributed by atoms with Gasteiger partial charge in [0.05, 0.1) is 10.3 Å². The van der Waals surface area contributed by atoms with E-state index in [1.807, 2.05) is 0 Å². The van der Waals surface area contributed by atoms with Crippen LogP contribution in [0.3, 0.4) is 0 Å². The molecule has 0 fully saturated rings. The summed E-state index contributed by atoms with van der Waals surface area (Å²) in [6.07, 6.45) is 0. The maximum absolute atomic E-state index is 11.1. The number of nitro benzene ring substituents is 1. The van der Waals surface area contributed by atoms with Gasteiger partial charge in [-0.15, -0.1) is 0 Å². The van der Waals surface area contributed by atoms with Crippen molar-refractivity contribution in [2.24, 2.45) is 0 Å². The molecule has 0 aliphatic carbocycles. The summed E-state index contributed by atoms with van der Waals surface area (Å²) in [5, 5.41) is 10.5. The van der Waals surface area contributed by atoms with Crippen molar-refractivity contribution in [3.63, 3.8) is 0 Å². The Morgan fingerprint density at radius 3 is 2.64 bits per heavy atom. The minimum atomic E-state index is -0.523. The molecule has 14 heavy (non-hydrogen) atoms. The van der Waals surface area contributed by atoms with Gasteiger partial charge in [0.25, 0.3) is 5.69 Å². The molecule has 0 saturated carbocycles. The van der Waals surface area contributed by atoms with E-state index in [1.54, 1.807) is 6.07 Å². The molecule has 0 amide bonds. The summed E-state index contributed by atoms with van der Waals surface area (Å²) < 4.78 is 0. The molecule has 0 heterocycles. The molecule has 1 aromatic carbocycles. The van der Waals surface area contributed by atoms with Crippen molar-refractivity contribution < 1.29 is 9.72 Å². The number of carbonyl (C=O) groups excluding carboxylic acids is 1. The molecular formula is C8H9BrN2O3. The van der Waals surface area contributed by atoms with Crippen molar-refractivity contribution in [1.29, 1.82) is 0 Å². The van der Waals surface area contributed by atoms with Crippen LogP contribution in [0.25, 0.3) is 0 Å². The van der Waals surface area contributed by atoms with E-state index in [1.165, 1.54) is 18.2 Å². The number of carbonyl (C=O) groups is 1. The van der Waals surface area contributed by atoms with E-state index in [2.05, 4.69) is 15.9 Å². The Morgan fingerprint density at radius 1 is 1.50 bits per heavy atom. The molecular weight excluding hydrogens is 252 g/mol. The Balaban J connectivity index is 0.00000169. The van der Waals surface area contributed by atoms with Crippen LogP contribution in [0.5, 0.6) is 0 Å². The summed E-state index contributed by atoms with van der Waals surface area (Å²) in [6, 6.07) is 5.67. The van der Waals surface area contributed by atoms with E-state index in [-0.39, 0.29) is 23.0 Å². The van der Waals surface area contributed by atoms with Gasteiger partial charge in [0.1, 0.15) is 0 Å². The molecule has 1 aromatic rings. The van der Waals surface area contributed by atoms with Crippen LogP contribution in [-0.2, 0) is 0 Å². The van der Waals surface area contributed by atoms with Gasteiger partial charge in [0.15, 0.2) is 5.78 Å². The molecule has 0 aliphatic rings. The molecule has 5 nitrogen and oxygen atoms in total. The first-order chi connectivity index (χ1) is 6.15. The minimum Gasteiger partial charge on any atom is -0.344 e. The topological polar surface area (TPSA) is 95.2 Å². The molecule has 0 saturated heterocycles. The number of rotatable bonds is 3. The average molecular weight is 261 g/mol. The van der Waals surface area contributed by atoms with E-state index < -0.39 is 4.92 Å². The highest BCUT2D eigenvalue weighted by atomic mass is 79.9. The second-order valence-electron chi connectivity index (χ2n) is 2.36. The molecule has 0 bridgehead atoms. The zero-order chi connectivity index (χ0) is 9.84. The van der Waals surface area contributed by atoms with Crippen molar-refractivity contribution >= 4 is 27.4 Å². The van der Waals surface area contributed by atoms with Gasteiger partial charge in [0.2, 0.25) is 0 Å². The number of hydrogen-bond donors (Lipinski definition) is 1. The molecule has 76 valence electrons. The largest absolute Gasteiger partial charge is 0.344 e. The van der Waals surface area contributed by atoms with Crippen molar-refractivity contribution in [3.05, 3.63) is 39.9 Å². The third-order valence-corrected chi connectivity index (χ3v) is 2.01. The first-order valence-electron chi connectivity index (χ1n) is 3.49. The zero-order valence-electron chi connectivity index (χ0n) is 7.27. The van der Waals surface area contributed by atoms with Gasteiger partial charge in [-0.1, -0.05) is 28.1 Å². The Morgan fingerprint density at radius 2 is 2.14 bits per heavy atom. The predicted octanol–water partition coefficient (Wildman–Crippen LogP) is 2.33. The van der Waals surface area contributed by atoms with Crippen LogP contribution in [0.2, 0.25) is 0 Å². The number of ketones is 1. The molecule has 0 unspecified atom stereocenters. The van der Waals surface area contributed by atoms with Crippen LogP contribution in [0.15, 0.2) is 24.3 Å². The normalized spacial score (nSPS) is 8.93. The van der Waals surface area contributed by atoms with Gasteiger partial charge >= 0.3 is 0 Å². The summed E-state index contributed by atoms with van der Waals surface area (Å²) in [5.41, 5.74) is 0.290. The third kappa shape index (κ3) is 2.90. The van der Waals surface area contributed by atoms with E-state index >= 15 is 0 Å². The fraction of sp³-hybridized carbons (Fsp3) is 0.125. The molecule has 0 atom stereocenters. The number of non-ortho nitro benzene ring substituents is 1. The summed E-state index contributed by atoms with van der Waals surface area (Å²) in [5.74, 6) is -0.163. The molecule has 3 N–H and O–H groups in total. The minimum absolute atomic E-state index is 0. The molecule has 0 aromatic heterocycles. The van der Waals surface area contributed by atoms with Crippen molar-refractivity contribution in [1.82, 2.24) is 6.15 Å². The Hall–Kier alpha value is -1.27. The van der Waals surface area contributed by atoms with E-state index in [9.17, 15) is 14.9 Å². The van der Waals surface area contributed by atoms with E-state index in [4.69, 9.17) is 0 Å². The number of nitrogens with zero attached hydrogens (tertiary/aromatic N) is 1. The Bertz CT molecular complexity index is 354. The van der Waals surface area contributed by atoms with Gasteiger partial charge < -0.3 is 6.15 Å². The highest BCUT2D eigenvalue weighted by Gasteiger charge is 2.09. The SMILES string of the molecule is N.O=C(CBr)c1cccc([N+](=O)[O-])c1. The summed E-state index contributed by atoms with van der Waals surface area (Å²) >= 11 is 2.99. The lowest BCUT2D eigenvalue weighted by Crippen LogP contribution is -2.00. The number of nitro groups is 1. The molecule has 0 spiro atoms. The maximum Gasteiger partial charge on any atom is 0.270 e. The summed E-state index contributed by atoms with van der Waals surface area (Å²) in [6.45, 7) is 0. The van der Waals surface area contributed by atoms with E-state index in [0.717, 1.165) is 0 Å². The van der Waals surface area contributed by atoms with E-state index in [0.29, 0.717) is 5.56 Å². The highest BCUT2D eigenvalue weighted by molar-refractivity contribution is 9.09. The van der Waals surface area contributed by atoms with Crippen LogP contribution in [0, 0.1) is 10.1 Å². The predicted molar refractivity (Wildman–Crippen MR) is 56.2 cm³/mol. The fourth-order valence-corrected chi connectivity index (χ4v) is 1.19. The van der Waals surface area contributed by atoms with Gasteiger partial charge in [-0.25, -0.2) is 0 Å². The van der Waals surface area contributed by atoms with Crippen molar-refractivity contribution in [3.8, 4) is 0 Å². The van der Waals surface area contributed by atoms with Crippen molar-refractivity contribution in [2.75, 3.05) is 5.33 Å². The molecule has 0 aliphatic heterocycles. The number of benzene rings is 1. The number of Topliss-reactive ketones (excluding diaryl/α,β-unsaturated/α-hetero) is 1. The van der Waals surface area contributed by atoms with Crippen LogP contribution in [0.1, 0.15) is 10.4 Å². The molecule has 6 heteroatoms. The first kappa shape index (κ1) is 12.7. The molecule has 0 radical (unpaired) electrons. The lowest BCUT2D eigenvalue weighted by molar-refractivity contribution is -0.384. The Labute approximate surface area is 89.0 Å². The van der Waals surface area contributed by atoms with Crippen LogP contribution in [-0.4, -0.2) is 16.0 Å². The van der Waals surface area contributed by atoms with Gasteiger partial charge in [-0.05, 0) is 0 Å². The summed E-state index contributed by atoms with van der Waals surface area (Å²) in [4.78, 5) is 20.9. The Kier molecular flexibility index (Phi) is 4.96. The van der Waals surface area contributed by atoms with Crippen LogP contribution in [0.4, 0.5) is 5.69 Å². The van der Waals surface area contributed by atoms with Crippen molar-refractivity contribution in [2.45, 2.75) is 0 Å². The number of hydrogen-bond acceptors (Lipinski definition) is 4. The van der Waals surface area contributed by atoms with Gasteiger partial charge in [0, 0.05) is 17.7 Å². The lowest BCUT2D eigenvalue weighted by Gasteiger charge is -1.95. The molecule has 1 rings (SSSR count). The van der Waals surface area contributed by atoms with Gasteiger partial charge in [-0.3, -0.25) is 14.9 Å². The van der Waals surface area contributed by atoms with Crippen LogP contribution < -0.4 is 6.15 Å². The monoisotopic (exact) mass is 260 g/mol. The standard InChI is InChI=1S/C8H6BrNO3.H3N/c9-5-8(11)6-2-1-3-7(4-6)10(12)13;/h1-4H,5H2;1H3. The van der Waals surface area contributed by atoms with Gasteiger partial charge in [-0.2, -0.15) is 0 Å². The fourth-order valence-electron chi connectivity index (χ4n) is 0.870. The zero-order valence-corrected chi connectivity index (χ0v) is 8.86. The maximum atomic E-state index is 11.1. The third-order valence-electron chi connectivity index (χ3n) is 1.50. The average Bonchev–Trinajstić information content (AvgIpc) is 2.17. The quantitative estimate of drug-likeness (QED) is 0.391. The number of alkyl halides is 1. The first-order valence-corrected chi connectivity index (χ1v) is 4.61.